The summed E-state index contributed by atoms with van der Waals surface area (Å²) >= 11 is 6.37. The maximum Gasteiger partial charge on any atom is 0.303 e. The van der Waals surface area contributed by atoms with Crippen molar-refractivity contribution in [2.75, 3.05) is 0 Å². The average molecular weight is 514 g/mol. The van der Waals surface area contributed by atoms with Gasteiger partial charge in [0.25, 0.3) is 5.91 Å². The predicted molar refractivity (Wildman–Crippen MR) is 144 cm³/mol. The van der Waals surface area contributed by atoms with Crippen LogP contribution < -0.4 is 5.32 Å². The van der Waals surface area contributed by atoms with Crippen LogP contribution in [-0.2, 0) is 11.3 Å². The number of benzene rings is 3. The number of fused-ring (bicyclic) bond motifs is 1. The second kappa shape index (κ2) is 9.34. The first-order chi connectivity index (χ1) is 17.9. The van der Waals surface area contributed by atoms with Crippen molar-refractivity contribution in [3.8, 4) is 11.1 Å². The van der Waals surface area contributed by atoms with Gasteiger partial charge in [0.1, 0.15) is 0 Å². The number of rotatable bonds is 7. The van der Waals surface area contributed by atoms with Gasteiger partial charge in [-0.3, -0.25) is 14.3 Å². The van der Waals surface area contributed by atoms with Crippen molar-refractivity contribution in [2.45, 2.75) is 44.7 Å². The van der Waals surface area contributed by atoms with E-state index in [2.05, 4.69) is 46.8 Å². The molecule has 0 radical (unpaired) electrons. The molecule has 2 fully saturated rings. The fourth-order valence-corrected chi connectivity index (χ4v) is 6.56. The highest BCUT2D eigenvalue weighted by atomic mass is 35.5. The van der Waals surface area contributed by atoms with Crippen molar-refractivity contribution in [1.82, 2.24) is 15.1 Å². The molecule has 1 amide bonds. The van der Waals surface area contributed by atoms with Gasteiger partial charge in [0.2, 0.25) is 0 Å². The van der Waals surface area contributed by atoms with Crippen molar-refractivity contribution in [3.63, 3.8) is 0 Å². The Balaban J connectivity index is 1.17. The highest BCUT2D eigenvalue weighted by Crippen LogP contribution is 2.59. The first-order valence-corrected chi connectivity index (χ1v) is 13.1. The number of hydrogen-bond donors (Lipinski definition) is 2. The van der Waals surface area contributed by atoms with Gasteiger partial charge in [-0.2, -0.15) is 5.10 Å². The molecule has 1 aromatic heterocycles. The van der Waals surface area contributed by atoms with Crippen LogP contribution in [0.15, 0.2) is 72.9 Å². The van der Waals surface area contributed by atoms with Crippen LogP contribution >= 0.6 is 11.6 Å². The van der Waals surface area contributed by atoms with Crippen LogP contribution in [0.3, 0.4) is 0 Å². The molecule has 3 aromatic carbocycles. The summed E-state index contributed by atoms with van der Waals surface area (Å²) in [5.74, 6) is -0.592. The quantitative estimate of drug-likeness (QED) is 0.309. The minimum absolute atomic E-state index is 0.106. The van der Waals surface area contributed by atoms with E-state index in [4.69, 9.17) is 16.7 Å². The Morgan fingerprint density at radius 2 is 1.70 bits per heavy atom. The van der Waals surface area contributed by atoms with Gasteiger partial charge < -0.3 is 10.4 Å². The van der Waals surface area contributed by atoms with Crippen molar-refractivity contribution < 1.29 is 14.7 Å². The van der Waals surface area contributed by atoms with Crippen LogP contribution in [0.1, 0.15) is 48.0 Å². The van der Waals surface area contributed by atoms with Gasteiger partial charge in [-0.25, -0.2) is 0 Å². The van der Waals surface area contributed by atoms with Crippen LogP contribution in [0.2, 0.25) is 5.02 Å². The third-order valence-corrected chi connectivity index (χ3v) is 8.16. The second-order valence-corrected chi connectivity index (χ2v) is 11.1. The summed E-state index contributed by atoms with van der Waals surface area (Å²) in [5.41, 5.74) is 4.93. The number of aromatic nitrogens is 2. The van der Waals surface area contributed by atoms with E-state index in [0.29, 0.717) is 17.1 Å². The molecule has 0 saturated heterocycles. The number of carbonyl (C=O) groups excluding carboxylic acids is 1. The Labute approximate surface area is 220 Å². The lowest BCUT2D eigenvalue weighted by Crippen LogP contribution is -2.56. The first-order valence-electron chi connectivity index (χ1n) is 12.7. The summed E-state index contributed by atoms with van der Waals surface area (Å²) in [7, 11) is 0. The number of aliphatic carboxylic acids is 1. The molecule has 4 aromatic rings. The number of carboxylic acids is 1. The van der Waals surface area contributed by atoms with Gasteiger partial charge in [0, 0.05) is 22.9 Å². The maximum atomic E-state index is 13.4. The minimum Gasteiger partial charge on any atom is -0.481 e. The molecular formula is C30H28ClN3O3. The fourth-order valence-electron chi connectivity index (χ4n) is 6.34. The van der Waals surface area contributed by atoms with E-state index >= 15 is 0 Å². The molecular weight excluding hydrogens is 486 g/mol. The molecule has 7 heteroatoms. The summed E-state index contributed by atoms with van der Waals surface area (Å²) in [4.78, 5) is 24.3. The smallest absolute Gasteiger partial charge is 0.303 e. The monoisotopic (exact) mass is 513 g/mol. The Kier molecular flexibility index (Phi) is 6.00. The first kappa shape index (κ1) is 23.7. The zero-order valence-corrected chi connectivity index (χ0v) is 21.1. The van der Waals surface area contributed by atoms with Crippen LogP contribution in [0.4, 0.5) is 0 Å². The number of halogens is 1. The van der Waals surface area contributed by atoms with E-state index in [1.807, 2.05) is 28.9 Å². The van der Waals surface area contributed by atoms with Gasteiger partial charge in [0.15, 0.2) is 0 Å². The van der Waals surface area contributed by atoms with Crippen LogP contribution in [0.25, 0.3) is 22.0 Å². The summed E-state index contributed by atoms with van der Waals surface area (Å²) in [6, 6.07) is 22.3. The molecule has 0 atom stereocenters. The van der Waals surface area contributed by atoms with Crippen molar-refractivity contribution in [3.05, 3.63) is 89.1 Å². The van der Waals surface area contributed by atoms with Gasteiger partial charge in [0.05, 0.1) is 23.8 Å². The van der Waals surface area contributed by atoms with Crippen molar-refractivity contribution >= 4 is 34.4 Å². The lowest BCUT2D eigenvalue weighted by molar-refractivity contribution is -0.142. The normalized spacial score (nSPS) is 22.4. The number of nitrogens with one attached hydrogen (secondary N) is 1. The lowest BCUT2D eigenvalue weighted by atomic mass is 9.49. The third kappa shape index (κ3) is 4.74. The van der Waals surface area contributed by atoms with E-state index in [-0.39, 0.29) is 29.7 Å². The van der Waals surface area contributed by atoms with Crippen molar-refractivity contribution in [1.29, 1.82) is 0 Å². The third-order valence-electron chi connectivity index (χ3n) is 7.94. The molecule has 2 saturated carbocycles. The molecule has 2 aliphatic rings. The average Bonchev–Trinajstić information content (AvgIpc) is 3.23. The zero-order chi connectivity index (χ0) is 25.6. The Morgan fingerprint density at radius 1 is 1.00 bits per heavy atom. The number of carbonyl (C=O) groups is 2. The van der Waals surface area contributed by atoms with Gasteiger partial charge in [-0.1, -0.05) is 66.2 Å². The summed E-state index contributed by atoms with van der Waals surface area (Å²) in [5, 5.41) is 18.1. The number of nitrogens with zero attached hydrogens (tertiary/aromatic N) is 2. The lowest BCUT2D eigenvalue weighted by Gasteiger charge is -2.57. The summed E-state index contributed by atoms with van der Waals surface area (Å²) < 4.78 is 1.86. The van der Waals surface area contributed by atoms with Crippen LogP contribution in [0, 0.1) is 11.3 Å². The second-order valence-electron chi connectivity index (χ2n) is 10.7. The van der Waals surface area contributed by atoms with Crippen LogP contribution in [0.5, 0.6) is 0 Å². The predicted octanol–water partition coefficient (Wildman–Crippen LogP) is 6.17. The number of amides is 1. The fraction of sp³-hybridized carbons (Fsp3) is 0.300. The summed E-state index contributed by atoms with van der Waals surface area (Å²) in [6.07, 6.45) is 5.72. The molecule has 6 rings (SSSR count). The van der Waals surface area contributed by atoms with E-state index in [1.165, 1.54) is 5.56 Å². The Bertz CT molecular complexity index is 1470. The van der Waals surface area contributed by atoms with E-state index < -0.39 is 5.97 Å². The molecule has 0 unspecified atom stereocenters. The largest absolute Gasteiger partial charge is 0.481 e. The number of carboxylic acid groups (broad SMARTS) is 1. The van der Waals surface area contributed by atoms with Gasteiger partial charge >= 0.3 is 5.97 Å². The van der Waals surface area contributed by atoms with Gasteiger partial charge in [-0.05, 0) is 65.8 Å². The Morgan fingerprint density at radius 3 is 2.41 bits per heavy atom. The highest BCUT2D eigenvalue weighted by Gasteiger charge is 2.53. The molecule has 6 nitrogen and oxygen atoms in total. The molecule has 0 aliphatic heterocycles. The molecule has 188 valence electrons. The Hall–Kier alpha value is -3.64. The maximum absolute atomic E-state index is 13.4. The molecule has 1 spiro atoms. The molecule has 1 heterocycles. The zero-order valence-electron chi connectivity index (χ0n) is 20.4. The standard InChI is InChI=1S/C30H28ClN3O3/c31-24-11-23-17-32-34(18-19-6-8-22(9-7-19)21-4-2-1-3-5-21)28(23)26(12-24)29(37)33-25-15-30(16-25)13-20(14-30)10-27(35)36/h1-9,11-12,17,20,25H,10,13-16,18H2,(H,33,37)(H,35,36). The highest BCUT2D eigenvalue weighted by molar-refractivity contribution is 6.32. The van der Waals surface area contributed by atoms with Crippen molar-refractivity contribution in [2.24, 2.45) is 11.3 Å². The molecule has 2 aliphatic carbocycles. The SMILES string of the molecule is O=C(O)CC1CC2(C1)CC(NC(=O)c1cc(Cl)cc3cnn(Cc4ccc(-c5ccccc5)cc4)c13)C2. The minimum atomic E-state index is -0.724. The molecule has 37 heavy (non-hydrogen) atoms. The van der Waals surface area contributed by atoms with Crippen LogP contribution in [-0.4, -0.2) is 32.8 Å². The molecule has 2 N–H and O–H groups in total. The van der Waals surface area contributed by atoms with E-state index in [9.17, 15) is 9.59 Å². The number of hydrogen-bond acceptors (Lipinski definition) is 3. The van der Waals surface area contributed by atoms with E-state index in [1.54, 1.807) is 12.3 Å². The van der Waals surface area contributed by atoms with Gasteiger partial charge in [-0.15, -0.1) is 0 Å². The van der Waals surface area contributed by atoms with E-state index in [0.717, 1.165) is 47.7 Å². The molecule has 0 bridgehead atoms. The topological polar surface area (TPSA) is 84.2 Å². The summed E-state index contributed by atoms with van der Waals surface area (Å²) in [6.45, 7) is 0.540.